The van der Waals surface area contributed by atoms with Crippen LogP contribution < -0.4 is 15.2 Å². The number of alkyl halides is 3. The number of rotatable bonds is 7. The lowest BCUT2D eigenvalue weighted by Crippen LogP contribution is -2.31. The third-order valence-corrected chi connectivity index (χ3v) is 3.56. The van der Waals surface area contributed by atoms with Crippen LogP contribution in [0.2, 0.25) is 0 Å². The van der Waals surface area contributed by atoms with E-state index in [2.05, 4.69) is 0 Å². The molecule has 0 aromatic heterocycles. The molecule has 0 aliphatic carbocycles. The van der Waals surface area contributed by atoms with Gasteiger partial charge in [0.2, 0.25) is 10.0 Å². The van der Waals surface area contributed by atoms with Gasteiger partial charge in [0.25, 0.3) is 0 Å². The molecule has 0 radical (unpaired) electrons. The fraction of sp³-hybridized carbons (Fsp3) is 0.455. The molecule has 0 unspecified atom stereocenters. The average molecular weight is 312 g/mol. The second-order valence-electron chi connectivity index (χ2n) is 4.00. The minimum absolute atomic E-state index is 0.176. The predicted molar refractivity (Wildman–Crippen MR) is 68.8 cm³/mol. The normalized spacial score (nSPS) is 12.3. The lowest BCUT2D eigenvalue weighted by Gasteiger charge is -2.10. The smallest absolute Gasteiger partial charge is 0.390 e. The summed E-state index contributed by atoms with van der Waals surface area (Å²) in [6.45, 7) is -0.852. The van der Waals surface area contributed by atoms with Crippen LogP contribution in [-0.4, -0.2) is 33.5 Å². The first-order valence-corrected chi connectivity index (χ1v) is 7.36. The highest BCUT2D eigenvalue weighted by Gasteiger charge is 2.27. The van der Waals surface area contributed by atoms with E-state index in [1.165, 1.54) is 6.07 Å². The van der Waals surface area contributed by atoms with Crippen molar-refractivity contribution in [2.24, 2.45) is 0 Å². The molecule has 0 saturated carbocycles. The van der Waals surface area contributed by atoms with Gasteiger partial charge in [-0.25, -0.2) is 13.1 Å². The number of nitrogen functional groups attached to an aromatic ring is 1. The van der Waals surface area contributed by atoms with Crippen LogP contribution in [0.1, 0.15) is 6.42 Å². The molecular weight excluding hydrogens is 297 g/mol. The van der Waals surface area contributed by atoms with Gasteiger partial charge in [-0.1, -0.05) is 6.07 Å². The number of nitrogens with two attached hydrogens (primary N) is 1. The number of ether oxygens (including phenoxy) is 1. The lowest BCUT2D eigenvalue weighted by atomic mass is 10.3. The average Bonchev–Trinajstić information content (AvgIpc) is 2.26. The Labute approximate surface area is 115 Å². The Bertz CT molecular complexity index is 532. The maximum Gasteiger partial charge on any atom is 0.390 e. The number of benzene rings is 1. The largest absolute Gasteiger partial charge is 0.492 e. The third kappa shape index (κ3) is 7.19. The van der Waals surface area contributed by atoms with Crippen LogP contribution in [0.4, 0.5) is 18.9 Å². The van der Waals surface area contributed by atoms with Crippen LogP contribution in [-0.2, 0) is 10.0 Å². The second kappa shape index (κ2) is 6.80. The van der Waals surface area contributed by atoms with Gasteiger partial charge >= 0.3 is 6.18 Å². The van der Waals surface area contributed by atoms with Crippen LogP contribution in [0.3, 0.4) is 0 Å². The summed E-state index contributed by atoms with van der Waals surface area (Å²) >= 11 is 0. The summed E-state index contributed by atoms with van der Waals surface area (Å²) in [6.07, 6.45) is -5.59. The molecule has 3 N–H and O–H groups in total. The summed E-state index contributed by atoms with van der Waals surface area (Å²) < 4.78 is 65.4. The highest BCUT2D eigenvalue weighted by atomic mass is 32.2. The number of halogens is 3. The van der Waals surface area contributed by atoms with Crippen LogP contribution in [0.5, 0.6) is 5.75 Å². The maximum absolute atomic E-state index is 11.9. The molecule has 5 nitrogen and oxygen atoms in total. The first-order valence-electron chi connectivity index (χ1n) is 5.70. The molecule has 0 spiro atoms. The Morgan fingerprint density at radius 2 is 2.00 bits per heavy atom. The quantitative estimate of drug-likeness (QED) is 0.748. The highest BCUT2D eigenvalue weighted by Crippen LogP contribution is 2.18. The van der Waals surface area contributed by atoms with Crippen molar-refractivity contribution in [1.29, 1.82) is 0 Å². The van der Waals surface area contributed by atoms with Crippen molar-refractivity contribution in [1.82, 2.24) is 4.72 Å². The molecule has 1 rings (SSSR count). The van der Waals surface area contributed by atoms with Gasteiger partial charge in [-0.3, -0.25) is 0 Å². The standard InChI is InChI=1S/C11H15F3N2O3S/c12-11(13,14)4-5-16-20(17,18)7-6-19-10-3-1-2-9(15)8-10/h1-3,8,16H,4-7,15H2. The first kappa shape index (κ1) is 16.6. The van der Waals surface area contributed by atoms with Gasteiger partial charge < -0.3 is 10.5 Å². The number of hydrogen-bond acceptors (Lipinski definition) is 4. The Morgan fingerprint density at radius 3 is 2.60 bits per heavy atom. The van der Waals surface area contributed by atoms with E-state index in [0.717, 1.165) is 0 Å². The molecule has 0 atom stereocenters. The van der Waals surface area contributed by atoms with Crippen LogP contribution in [0, 0.1) is 0 Å². The molecule has 0 fully saturated rings. The van der Waals surface area contributed by atoms with Gasteiger partial charge in [0.1, 0.15) is 12.4 Å². The summed E-state index contributed by atoms with van der Waals surface area (Å²) in [7, 11) is -3.79. The minimum Gasteiger partial charge on any atom is -0.492 e. The monoisotopic (exact) mass is 312 g/mol. The van der Waals surface area contributed by atoms with Gasteiger partial charge in [0, 0.05) is 18.3 Å². The summed E-state index contributed by atoms with van der Waals surface area (Å²) in [5.41, 5.74) is 5.97. The van der Waals surface area contributed by atoms with Crippen molar-refractivity contribution < 1.29 is 26.3 Å². The van der Waals surface area contributed by atoms with Gasteiger partial charge in [-0.15, -0.1) is 0 Å². The van der Waals surface area contributed by atoms with Crippen molar-refractivity contribution >= 4 is 15.7 Å². The molecule has 0 saturated heterocycles. The fourth-order valence-electron chi connectivity index (χ4n) is 1.29. The van der Waals surface area contributed by atoms with Crippen molar-refractivity contribution in [2.45, 2.75) is 12.6 Å². The Morgan fingerprint density at radius 1 is 1.30 bits per heavy atom. The summed E-state index contributed by atoms with van der Waals surface area (Å²) in [5, 5.41) is 0. The maximum atomic E-state index is 11.9. The molecule has 0 aliphatic rings. The van der Waals surface area contributed by atoms with E-state index in [1.807, 2.05) is 4.72 Å². The van der Waals surface area contributed by atoms with Gasteiger partial charge in [0.05, 0.1) is 12.2 Å². The van der Waals surface area contributed by atoms with Crippen molar-refractivity contribution in [3.63, 3.8) is 0 Å². The fourth-order valence-corrected chi connectivity index (χ4v) is 2.15. The summed E-state index contributed by atoms with van der Waals surface area (Å²) in [6, 6.07) is 6.40. The predicted octanol–water partition coefficient (Wildman–Crippen LogP) is 1.52. The third-order valence-electron chi connectivity index (χ3n) is 2.21. The van der Waals surface area contributed by atoms with Crippen molar-refractivity contribution in [2.75, 3.05) is 24.6 Å². The molecule has 114 valence electrons. The van der Waals surface area contributed by atoms with Gasteiger partial charge in [-0.05, 0) is 12.1 Å². The van der Waals surface area contributed by atoms with Crippen molar-refractivity contribution in [3.05, 3.63) is 24.3 Å². The molecule has 9 heteroatoms. The molecule has 0 heterocycles. The zero-order valence-corrected chi connectivity index (χ0v) is 11.3. The Balaban J connectivity index is 2.33. The van der Waals surface area contributed by atoms with Crippen molar-refractivity contribution in [3.8, 4) is 5.75 Å². The number of anilines is 1. The zero-order chi connectivity index (χ0) is 15.2. The van der Waals surface area contributed by atoms with Gasteiger partial charge in [0.15, 0.2) is 0 Å². The molecular formula is C11H15F3N2O3S. The highest BCUT2D eigenvalue weighted by molar-refractivity contribution is 7.89. The summed E-state index contributed by atoms with van der Waals surface area (Å²) in [4.78, 5) is 0. The molecule has 1 aromatic carbocycles. The Hall–Kier alpha value is -1.48. The van der Waals surface area contributed by atoms with E-state index in [9.17, 15) is 21.6 Å². The van der Waals surface area contributed by atoms with E-state index in [-0.39, 0.29) is 6.61 Å². The van der Waals surface area contributed by atoms with Crippen LogP contribution in [0.15, 0.2) is 24.3 Å². The number of hydrogen-bond donors (Lipinski definition) is 2. The topological polar surface area (TPSA) is 81.4 Å². The molecule has 1 aromatic rings. The van der Waals surface area contributed by atoms with E-state index >= 15 is 0 Å². The lowest BCUT2D eigenvalue weighted by molar-refractivity contribution is -0.132. The second-order valence-corrected chi connectivity index (χ2v) is 5.93. The number of nitrogens with one attached hydrogen (secondary N) is 1. The molecule has 0 aliphatic heterocycles. The van der Waals surface area contributed by atoms with Crippen LogP contribution >= 0.6 is 0 Å². The first-order chi connectivity index (χ1) is 9.18. The molecule has 0 amide bonds. The SMILES string of the molecule is Nc1cccc(OCCS(=O)(=O)NCCC(F)(F)F)c1. The minimum atomic E-state index is -4.39. The van der Waals surface area contributed by atoms with E-state index < -0.39 is 34.9 Å². The summed E-state index contributed by atoms with van der Waals surface area (Å²) in [5.74, 6) is -0.0323. The van der Waals surface area contributed by atoms with Crippen LogP contribution in [0.25, 0.3) is 0 Å². The molecule has 20 heavy (non-hydrogen) atoms. The zero-order valence-electron chi connectivity index (χ0n) is 10.5. The van der Waals surface area contributed by atoms with E-state index in [0.29, 0.717) is 11.4 Å². The van der Waals surface area contributed by atoms with E-state index in [4.69, 9.17) is 10.5 Å². The Kier molecular flexibility index (Phi) is 5.63. The number of sulfonamides is 1. The molecule has 0 bridgehead atoms. The van der Waals surface area contributed by atoms with E-state index in [1.54, 1.807) is 18.2 Å². The van der Waals surface area contributed by atoms with Gasteiger partial charge in [-0.2, -0.15) is 13.2 Å².